The molecule has 5 nitrogen and oxygen atoms in total. The number of carbonyl (C=O) groups is 1. The molecule has 1 amide bonds. The Morgan fingerprint density at radius 1 is 1.50 bits per heavy atom. The molecule has 0 saturated heterocycles. The number of rotatable bonds is 5. The minimum Gasteiger partial charge on any atom is -0.735 e. The van der Waals surface area contributed by atoms with E-state index in [0.29, 0.717) is 12.1 Å². The van der Waals surface area contributed by atoms with E-state index in [0.717, 1.165) is 24.8 Å². The van der Waals surface area contributed by atoms with Gasteiger partial charge in [0.15, 0.2) is 0 Å². The average molecular weight is 246 g/mol. The van der Waals surface area contributed by atoms with Gasteiger partial charge in [0.2, 0.25) is 5.91 Å². The van der Waals surface area contributed by atoms with Crippen molar-refractivity contribution in [2.24, 2.45) is 11.0 Å². The number of hydrogen-bond donors (Lipinski definition) is 0. The van der Waals surface area contributed by atoms with Crippen LogP contribution in [0.15, 0.2) is 29.6 Å². The number of hydroxylamine groups is 1. The van der Waals surface area contributed by atoms with Crippen molar-refractivity contribution in [3.63, 3.8) is 0 Å². The highest BCUT2D eigenvalue weighted by Crippen LogP contribution is 2.30. The molecule has 1 aromatic rings. The number of hydrogen-bond acceptors (Lipinski definition) is 4. The Labute approximate surface area is 106 Å². The first-order chi connectivity index (χ1) is 8.72. The molecule has 0 N–H and O–H groups in total. The van der Waals surface area contributed by atoms with Crippen LogP contribution in [-0.2, 0) is 4.79 Å². The third-order valence-electron chi connectivity index (χ3n) is 2.83. The zero-order valence-corrected chi connectivity index (χ0v) is 10.4. The second-order valence-corrected chi connectivity index (χ2v) is 4.42. The summed E-state index contributed by atoms with van der Waals surface area (Å²) in [6, 6.07) is 3.59. The van der Waals surface area contributed by atoms with Crippen LogP contribution in [0, 0.1) is 11.1 Å². The van der Waals surface area contributed by atoms with Crippen molar-refractivity contribution in [1.82, 2.24) is 10.2 Å². The third-order valence-corrected chi connectivity index (χ3v) is 2.83. The van der Waals surface area contributed by atoms with Crippen molar-refractivity contribution in [2.75, 3.05) is 0 Å². The molecular formula is C13H16N3O2-. The first-order valence-electron chi connectivity index (χ1n) is 6.21. The van der Waals surface area contributed by atoms with E-state index >= 15 is 0 Å². The lowest BCUT2D eigenvalue weighted by Crippen LogP contribution is -2.23. The summed E-state index contributed by atoms with van der Waals surface area (Å²) in [5.41, 5.74) is 1.49. The third kappa shape index (κ3) is 3.13. The molecule has 18 heavy (non-hydrogen) atoms. The summed E-state index contributed by atoms with van der Waals surface area (Å²) in [5, 5.41) is 15.8. The van der Waals surface area contributed by atoms with Gasteiger partial charge in [-0.05, 0) is 31.4 Å². The molecule has 1 heterocycles. The molecule has 2 rings (SSSR count). The number of aromatic nitrogens is 1. The fourth-order valence-electron chi connectivity index (χ4n) is 1.68. The van der Waals surface area contributed by atoms with Crippen molar-refractivity contribution in [3.05, 3.63) is 35.3 Å². The topological polar surface area (TPSA) is 68.6 Å². The zero-order chi connectivity index (χ0) is 13.0. The van der Waals surface area contributed by atoms with Gasteiger partial charge in [-0.1, -0.05) is 13.3 Å². The van der Waals surface area contributed by atoms with E-state index in [4.69, 9.17) is 0 Å². The molecule has 0 aliphatic heterocycles. The van der Waals surface area contributed by atoms with Crippen LogP contribution in [0.3, 0.4) is 0 Å². The Hall–Kier alpha value is -1.75. The Bertz CT molecular complexity index is 441. The first-order valence-corrected chi connectivity index (χ1v) is 6.21. The molecule has 5 heteroatoms. The van der Waals surface area contributed by atoms with Crippen LogP contribution in [0.2, 0.25) is 0 Å². The van der Waals surface area contributed by atoms with E-state index in [1.807, 2.05) is 6.92 Å². The van der Waals surface area contributed by atoms with Gasteiger partial charge >= 0.3 is 0 Å². The second kappa shape index (κ2) is 5.73. The Balaban J connectivity index is 2.15. The molecule has 0 spiro atoms. The van der Waals surface area contributed by atoms with Crippen molar-refractivity contribution in [2.45, 2.75) is 32.6 Å². The molecule has 0 bridgehead atoms. The van der Waals surface area contributed by atoms with Crippen molar-refractivity contribution in [3.8, 4) is 0 Å². The zero-order valence-electron chi connectivity index (χ0n) is 10.4. The monoisotopic (exact) mass is 246 g/mol. The number of nitrogens with zero attached hydrogens (tertiary/aromatic N) is 3. The van der Waals surface area contributed by atoms with Gasteiger partial charge in [0.1, 0.15) is 0 Å². The minimum absolute atomic E-state index is 0.105. The van der Waals surface area contributed by atoms with Gasteiger partial charge in [0, 0.05) is 23.9 Å². The highest BCUT2D eigenvalue weighted by Gasteiger charge is 2.30. The Kier molecular flexibility index (Phi) is 4.04. The lowest BCUT2D eigenvalue weighted by molar-refractivity contribution is -0.129. The maximum Gasteiger partial charge on any atom is 0.235 e. The quantitative estimate of drug-likeness (QED) is 0.591. The van der Waals surface area contributed by atoms with Crippen LogP contribution < -0.4 is 0 Å². The summed E-state index contributed by atoms with van der Waals surface area (Å²) in [7, 11) is 0. The largest absolute Gasteiger partial charge is 0.735 e. The van der Waals surface area contributed by atoms with Gasteiger partial charge in [0.05, 0.1) is 5.71 Å². The van der Waals surface area contributed by atoms with Gasteiger partial charge in [-0.2, -0.15) is 5.10 Å². The van der Waals surface area contributed by atoms with E-state index in [1.54, 1.807) is 24.5 Å². The van der Waals surface area contributed by atoms with Crippen molar-refractivity contribution < 1.29 is 4.79 Å². The van der Waals surface area contributed by atoms with Gasteiger partial charge in [-0.25, -0.2) is 0 Å². The number of amides is 1. The number of carbonyl (C=O) groups excluding carboxylic acids is 1. The van der Waals surface area contributed by atoms with Gasteiger partial charge < -0.3 is 10.4 Å². The molecule has 96 valence electrons. The molecule has 1 aromatic heterocycles. The highest BCUT2D eigenvalue weighted by molar-refractivity contribution is 6.01. The van der Waals surface area contributed by atoms with E-state index < -0.39 is 5.91 Å². The molecule has 0 aromatic carbocycles. The van der Waals surface area contributed by atoms with Crippen LogP contribution in [0.4, 0.5) is 0 Å². The summed E-state index contributed by atoms with van der Waals surface area (Å²) in [4.78, 5) is 15.5. The fraction of sp³-hybridized carbons (Fsp3) is 0.462. The smallest absolute Gasteiger partial charge is 0.235 e. The molecule has 1 aliphatic rings. The van der Waals surface area contributed by atoms with Crippen LogP contribution >= 0.6 is 0 Å². The Morgan fingerprint density at radius 3 is 2.72 bits per heavy atom. The molecule has 0 unspecified atom stereocenters. The van der Waals surface area contributed by atoms with Crippen LogP contribution in [-0.4, -0.2) is 21.8 Å². The molecular weight excluding hydrogens is 230 g/mol. The standard InChI is InChI=1S/C13H16N3O2/c1-2-3-12(10-6-8-14-9-7-10)15-16(18)13(17)11-4-5-11/h6-9,11H,2-5H2,1H3/q-1. The summed E-state index contributed by atoms with van der Waals surface area (Å²) < 4.78 is 0. The molecule has 0 atom stereocenters. The lowest BCUT2D eigenvalue weighted by Gasteiger charge is -2.23. The van der Waals surface area contributed by atoms with Gasteiger partial charge in [-0.3, -0.25) is 9.78 Å². The maximum absolute atomic E-state index is 11.6. The molecule has 0 radical (unpaired) electrons. The summed E-state index contributed by atoms with van der Waals surface area (Å²) in [6.45, 7) is 2.01. The van der Waals surface area contributed by atoms with Crippen molar-refractivity contribution >= 4 is 11.6 Å². The lowest BCUT2D eigenvalue weighted by atomic mass is 10.1. The molecule has 1 saturated carbocycles. The van der Waals surface area contributed by atoms with E-state index in [2.05, 4.69) is 10.1 Å². The summed E-state index contributed by atoms with van der Waals surface area (Å²) in [6.07, 6.45) is 6.46. The normalized spacial score (nSPS) is 15.6. The Morgan fingerprint density at radius 2 is 2.17 bits per heavy atom. The van der Waals surface area contributed by atoms with Crippen molar-refractivity contribution in [1.29, 1.82) is 0 Å². The SMILES string of the molecule is CCCC(=NN([O-])C(=O)C1CC1)c1ccncc1. The molecule has 1 aliphatic carbocycles. The summed E-state index contributed by atoms with van der Waals surface area (Å²) in [5.74, 6) is -0.524. The molecule has 1 fully saturated rings. The first kappa shape index (κ1) is 12.7. The van der Waals surface area contributed by atoms with E-state index in [9.17, 15) is 10.0 Å². The van der Waals surface area contributed by atoms with Crippen LogP contribution in [0.5, 0.6) is 0 Å². The summed E-state index contributed by atoms with van der Waals surface area (Å²) >= 11 is 0. The van der Waals surface area contributed by atoms with Gasteiger partial charge in [0.25, 0.3) is 0 Å². The second-order valence-electron chi connectivity index (χ2n) is 4.42. The average Bonchev–Trinajstić information content (AvgIpc) is 3.22. The fourth-order valence-corrected chi connectivity index (χ4v) is 1.68. The predicted molar refractivity (Wildman–Crippen MR) is 68.6 cm³/mol. The number of pyridine rings is 1. The predicted octanol–water partition coefficient (Wildman–Crippen LogP) is 2.32. The van der Waals surface area contributed by atoms with Crippen LogP contribution in [0.1, 0.15) is 38.2 Å². The van der Waals surface area contributed by atoms with Gasteiger partial charge in [-0.15, -0.1) is 0 Å². The minimum atomic E-state index is -0.419. The van der Waals surface area contributed by atoms with Crippen LogP contribution in [0.25, 0.3) is 0 Å². The van der Waals surface area contributed by atoms with E-state index in [1.165, 1.54) is 0 Å². The number of hydrazone groups is 1. The van der Waals surface area contributed by atoms with E-state index in [-0.39, 0.29) is 11.1 Å². The highest BCUT2D eigenvalue weighted by atomic mass is 16.5. The maximum atomic E-state index is 11.6.